The van der Waals surface area contributed by atoms with Gasteiger partial charge >= 0.3 is 5.91 Å². The first kappa shape index (κ1) is 13.9. The summed E-state index contributed by atoms with van der Waals surface area (Å²) in [6.45, 7) is 5.69. The van der Waals surface area contributed by atoms with E-state index in [9.17, 15) is 4.79 Å². The summed E-state index contributed by atoms with van der Waals surface area (Å²) < 4.78 is 13.5. The molecule has 110 valence electrons. The quantitative estimate of drug-likeness (QED) is 0.856. The third kappa shape index (κ3) is 2.71. The van der Waals surface area contributed by atoms with E-state index >= 15 is 0 Å². The minimum Gasteiger partial charge on any atom is -0.494 e. The molecule has 1 aromatic heterocycles. The van der Waals surface area contributed by atoms with Crippen LogP contribution in [0, 0.1) is 6.92 Å². The summed E-state index contributed by atoms with van der Waals surface area (Å²) in [5.41, 5.74) is 2.28. The van der Waals surface area contributed by atoms with Crippen molar-refractivity contribution in [2.75, 3.05) is 13.2 Å². The molecule has 2 aromatic rings. The number of benzene rings is 1. The van der Waals surface area contributed by atoms with Gasteiger partial charge in [0.05, 0.1) is 10.2 Å². The molecule has 0 fully saturated rings. The van der Waals surface area contributed by atoms with Crippen LogP contribution in [0.15, 0.2) is 35.2 Å². The van der Waals surface area contributed by atoms with Gasteiger partial charge in [0.1, 0.15) is 19.5 Å². The first-order valence-electron chi connectivity index (χ1n) is 6.82. The van der Waals surface area contributed by atoms with E-state index in [1.165, 1.54) is 23.2 Å². The predicted octanol–water partition coefficient (Wildman–Crippen LogP) is 2.35. The average molecular weight is 304 g/mol. The van der Waals surface area contributed by atoms with Crippen LogP contribution in [-0.2, 0) is 20.8 Å². The molecule has 3 rings (SSSR count). The van der Waals surface area contributed by atoms with Gasteiger partial charge in [-0.2, -0.15) is 4.99 Å². The number of thiazole rings is 1. The van der Waals surface area contributed by atoms with Crippen molar-refractivity contribution in [3.63, 3.8) is 0 Å². The average Bonchev–Trinajstić information content (AvgIpc) is 2.84. The van der Waals surface area contributed by atoms with Crippen LogP contribution >= 0.6 is 11.3 Å². The normalized spacial score (nSPS) is 15.5. The van der Waals surface area contributed by atoms with Crippen molar-refractivity contribution >= 4 is 27.5 Å². The molecular formula is C15H16N2O3S. The molecule has 1 aromatic carbocycles. The summed E-state index contributed by atoms with van der Waals surface area (Å²) in [4.78, 5) is 17.0. The first-order valence-corrected chi connectivity index (χ1v) is 7.64. The van der Waals surface area contributed by atoms with Crippen molar-refractivity contribution in [1.29, 1.82) is 0 Å². The predicted molar refractivity (Wildman–Crippen MR) is 80.8 cm³/mol. The number of nitrogens with zero attached hydrogens (tertiary/aromatic N) is 2. The lowest BCUT2D eigenvalue weighted by Gasteiger charge is -2.12. The van der Waals surface area contributed by atoms with E-state index < -0.39 is 5.91 Å². The number of carbonyl (C=O) groups is 1. The number of fused-ring (bicyclic) bond motifs is 1. The fraction of sp³-hybridized carbons (Fsp3) is 0.333. The molecule has 6 heteroatoms. The van der Waals surface area contributed by atoms with Crippen LogP contribution < -0.4 is 4.80 Å². The Hall–Kier alpha value is -2.08. The van der Waals surface area contributed by atoms with Crippen LogP contribution in [0.5, 0.6) is 0 Å². The van der Waals surface area contributed by atoms with Crippen LogP contribution in [0.3, 0.4) is 0 Å². The van der Waals surface area contributed by atoms with E-state index in [1.807, 2.05) is 11.5 Å². The third-order valence-corrected chi connectivity index (χ3v) is 4.25. The van der Waals surface area contributed by atoms with E-state index in [0.29, 0.717) is 18.0 Å². The Morgan fingerprint density at radius 2 is 2.29 bits per heavy atom. The van der Waals surface area contributed by atoms with Crippen LogP contribution in [0.2, 0.25) is 0 Å². The second kappa shape index (κ2) is 5.73. The standard InChI is InChI=1S/C15H16N2O3S/c1-3-17-11-5-4-10(2)8-13(11)21-15(17)16-14(18)12-9-19-6-7-20-12/h4-5,8-9H,3,6-7H2,1-2H3. The van der Waals surface area contributed by atoms with Crippen molar-refractivity contribution < 1.29 is 14.3 Å². The molecule has 5 nitrogen and oxygen atoms in total. The molecule has 0 bridgehead atoms. The second-order valence-electron chi connectivity index (χ2n) is 4.72. The van der Waals surface area contributed by atoms with Crippen molar-refractivity contribution in [2.24, 2.45) is 4.99 Å². The number of hydrogen-bond donors (Lipinski definition) is 0. The molecule has 0 atom stereocenters. The SMILES string of the molecule is CCn1c(=NC(=O)C2=COCCO2)sc2cc(C)ccc21. The van der Waals surface area contributed by atoms with Crippen molar-refractivity contribution in [3.8, 4) is 0 Å². The van der Waals surface area contributed by atoms with E-state index in [2.05, 4.69) is 30.1 Å². The lowest BCUT2D eigenvalue weighted by atomic mass is 10.2. The van der Waals surface area contributed by atoms with Gasteiger partial charge in [0.2, 0.25) is 5.76 Å². The maximum Gasteiger partial charge on any atom is 0.317 e. The maximum absolute atomic E-state index is 12.1. The largest absolute Gasteiger partial charge is 0.494 e. The van der Waals surface area contributed by atoms with Crippen molar-refractivity contribution in [3.05, 3.63) is 40.6 Å². The zero-order valence-electron chi connectivity index (χ0n) is 12.0. The smallest absolute Gasteiger partial charge is 0.317 e. The Morgan fingerprint density at radius 1 is 1.43 bits per heavy atom. The van der Waals surface area contributed by atoms with E-state index in [0.717, 1.165) is 16.8 Å². The summed E-state index contributed by atoms with van der Waals surface area (Å²) in [6.07, 6.45) is 1.34. The number of hydrogen-bond acceptors (Lipinski definition) is 4. The molecule has 0 saturated carbocycles. The highest BCUT2D eigenvalue weighted by atomic mass is 32.1. The molecular weight excluding hydrogens is 288 g/mol. The lowest BCUT2D eigenvalue weighted by molar-refractivity contribution is -0.119. The molecule has 0 radical (unpaired) electrons. The van der Waals surface area contributed by atoms with Crippen molar-refractivity contribution in [2.45, 2.75) is 20.4 Å². The van der Waals surface area contributed by atoms with E-state index in [-0.39, 0.29) is 5.76 Å². The summed E-state index contributed by atoms with van der Waals surface area (Å²) in [7, 11) is 0. The molecule has 0 spiro atoms. The minimum atomic E-state index is -0.403. The fourth-order valence-corrected chi connectivity index (χ4v) is 3.38. The Kier molecular flexibility index (Phi) is 3.79. The first-order chi connectivity index (χ1) is 10.2. The molecule has 0 saturated heterocycles. The molecule has 21 heavy (non-hydrogen) atoms. The van der Waals surface area contributed by atoms with Gasteiger partial charge in [-0.25, -0.2) is 0 Å². The molecule has 1 aliphatic heterocycles. The summed E-state index contributed by atoms with van der Waals surface area (Å²) in [5, 5.41) is 0. The zero-order valence-corrected chi connectivity index (χ0v) is 12.8. The van der Waals surface area contributed by atoms with Gasteiger partial charge in [0.25, 0.3) is 0 Å². The van der Waals surface area contributed by atoms with Gasteiger partial charge < -0.3 is 14.0 Å². The van der Waals surface area contributed by atoms with Crippen LogP contribution in [0.4, 0.5) is 0 Å². The van der Waals surface area contributed by atoms with Gasteiger partial charge in [-0.05, 0) is 31.5 Å². The fourth-order valence-electron chi connectivity index (χ4n) is 2.19. The summed E-state index contributed by atoms with van der Waals surface area (Å²) >= 11 is 1.51. The number of amides is 1. The van der Waals surface area contributed by atoms with E-state index in [4.69, 9.17) is 9.47 Å². The number of carbonyl (C=O) groups excluding carboxylic acids is 1. The Morgan fingerprint density at radius 3 is 3.00 bits per heavy atom. The van der Waals surface area contributed by atoms with Gasteiger partial charge in [-0.3, -0.25) is 4.79 Å². The highest BCUT2D eigenvalue weighted by Crippen LogP contribution is 2.19. The number of aryl methyl sites for hydroxylation is 2. The van der Waals surface area contributed by atoms with Crippen LogP contribution in [0.25, 0.3) is 10.2 Å². The molecule has 2 heterocycles. The molecule has 1 amide bonds. The summed E-state index contributed by atoms with van der Waals surface area (Å²) in [5.74, 6) is -0.238. The Balaban J connectivity index is 2.08. The number of ether oxygens (including phenoxy) is 2. The topological polar surface area (TPSA) is 52.8 Å². The third-order valence-electron chi connectivity index (χ3n) is 3.21. The molecule has 0 aliphatic carbocycles. The number of rotatable bonds is 2. The van der Waals surface area contributed by atoms with Crippen LogP contribution in [-0.4, -0.2) is 23.7 Å². The Bertz CT molecular complexity index is 786. The highest BCUT2D eigenvalue weighted by Gasteiger charge is 2.15. The second-order valence-corrected chi connectivity index (χ2v) is 5.73. The Labute approximate surface area is 126 Å². The zero-order chi connectivity index (χ0) is 14.8. The van der Waals surface area contributed by atoms with Crippen LogP contribution in [0.1, 0.15) is 12.5 Å². The molecule has 0 unspecified atom stereocenters. The van der Waals surface area contributed by atoms with Gasteiger partial charge in [0, 0.05) is 6.54 Å². The van der Waals surface area contributed by atoms with E-state index in [1.54, 1.807) is 0 Å². The minimum absolute atomic E-state index is 0.164. The lowest BCUT2D eigenvalue weighted by Crippen LogP contribution is -2.19. The monoisotopic (exact) mass is 304 g/mol. The van der Waals surface area contributed by atoms with Gasteiger partial charge in [0.15, 0.2) is 4.80 Å². The van der Waals surface area contributed by atoms with Gasteiger partial charge in [-0.15, -0.1) is 0 Å². The molecule has 1 aliphatic rings. The molecule has 0 N–H and O–H groups in total. The van der Waals surface area contributed by atoms with Gasteiger partial charge in [-0.1, -0.05) is 17.4 Å². The highest BCUT2D eigenvalue weighted by molar-refractivity contribution is 7.16. The van der Waals surface area contributed by atoms with Crippen molar-refractivity contribution in [1.82, 2.24) is 4.57 Å². The summed E-state index contributed by atoms with van der Waals surface area (Å²) in [6, 6.07) is 6.23. The number of aromatic nitrogens is 1. The maximum atomic E-state index is 12.1.